The second-order valence-corrected chi connectivity index (χ2v) is 8.55. The number of fused-ring (bicyclic) bond motifs is 1. The molecule has 0 fully saturated rings. The maximum Gasteiger partial charge on any atom is 0.338 e. The van der Waals surface area contributed by atoms with E-state index >= 15 is 0 Å². The Morgan fingerprint density at radius 1 is 1.27 bits per heavy atom. The molecule has 1 aromatic carbocycles. The number of carbonyl (C=O) groups is 1. The summed E-state index contributed by atoms with van der Waals surface area (Å²) in [6, 6.07) is 10.6. The first kappa shape index (κ1) is 20.3. The quantitative estimate of drug-likeness (QED) is 0.572. The van der Waals surface area contributed by atoms with Crippen molar-refractivity contribution in [2.45, 2.75) is 19.9 Å². The summed E-state index contributed by atoms with van der Waals surface area (Å²) < 4.78 is 13.0. The van der Waals surface area contributed by atoms with Gasteiger partial charge in [0, 0.05) is 10.4 Å². The molecular formula is C22H20N2O4S2. The van der Waals surface area contributed by atoms with E-state index in [1.165, 1.54) is 11.3 Å². The Morgan fingerprint density at radius 3 is 2.77 bits per heavy atom. The van der Waals surface area contributed by atoms with E-state index in [1.807, 2.05) is 47.9 Å². The average molecular weight is 441 g/mol. The lowest BCUT2D eigenvalue weighted by Crippen LogP contribution is -2.40. The minimum Gasteiger partial charge on any atom is -0.496 e. The van der Waals surface area contributed by atoms with Gasteiger partial charge in [-0.1, -0.05) is 35.6 Å². The summed E-state index contributed by atoms with van der Waals surface area (Å²) >= 11 is 2.87. The van der Waals surface area contributed by atoms with Crippen LogP contribution < -0.4 is 19.6 Å². The van der Waals surface area contributed by atoms with Crippen LogP contribution >= 0.6 is 22.7 Å². The Labute approximate surface area is 181 Å². The van der Waals surface area contributed by atoms with E-state index in [2.05, 4.69) is 4.99 Å². The molecule has 1 aliphatic rings. The molecule has 0 aliphatic carbocycles. The molecule has 8 heteroatoms. The summed E-state index contributed by atoms with van der Waals surface area (Å²) in [6.07, 6.45) is 1.86. The van der Waals surface area contributed by atoms with Gasteiger partial charge in [0.2, 0.25) is 0 Å². The summed E-state index contributed by atoms with van der Waals surface area (Å²) in [6.45, 7) is 3.75. The van der Waals surface area contributed by atoms with E-state index in [0.29, 0.717) is 31.9 Å². The highest BCUT2D eigenvalue weighted by atomic mass is 32.1. The monoisotopic (exact) mass is 440 g/mol. The predicted octanol–water partition coefficient (Wildman–Crippen LogP) is 2.87. The molecule has 1 atom stereocenters. The van der Waals surface area contributed by atoms with Gasteiger partial charge in [0.05, 0.1) is 29.5 Å². The molecule has 0 radical (unpaired) electrons. The zero-order valence-corrected chi connectivity index (χ0v) is 18.4. The highest BCUT2D eigenvalue weighted by molar-refractivity contribution is 7.11. The first-order chi connectivity index (χ1) is 14.5. The first-order valence-electron chi connectivity index (χ1n) is 9.41. The van der Waals surface area contributed by atoms with Gasteiger partial charge in [-0.3, -0.25) is 9.36 Å². The molecule has 4 rings (SSSR count). The molecule has 1 aliphatic heterocycles. The highest BCUT2D eigenvalue weighted by Gasteiger charge is 2.34. The molecule has 30 heavy (non-hydrogen) atoms. The number of allylic oxidation sites excluding steroid dienone is 1. The van der Waals surface area contributed by atoms with Crippen molar-refractivity contribution in [1.29, 1.82) is 0 Å². The standard InChI is InChI=1S/C22H20N2O4S2/c1-4-28-21(26)18-13(2)23-22-24(19(18)15-9-5-6-10-16(15)27-3)20(25)17(30-22)12-14-8-7-11-29-14/h5-12,19H,4H2,1-3H3/b17-12-/t19-/m0/s1. The number of thiazole rings is 1. The van der Waals surface area contributed by atoms with Gasteiger partial charge in [-0.25, -0.2) is 9.79 Å². The average Bonchev–Trinajstić information content (AvgIpc) is 3.35. The molecule has 3 aromatic rings. The van der Waals surface area contributed by atoms with Crippen molar-refractivity contribution in [2.24, 2.45) is 4.99 Å². The topological polar surface area (TPSA) is 69.9 Å². The Kier molecular flexibility index (Phi) is 5.69. The van der Waals surface area contributed by atoms with E-state index in [-0.39, 0.29) is 12.2 Å². The molecular weight excluding hydrogens is 420 g/mol. The normalized spacial score (nSPS) is 16.2. The van der Waals surface area contributed by atoms with Crippen LogP contribution in [0.3, 0.4) is 0 Å². The van der Waals surface area contributed by atoms with Gasteiger partial charge < -0.3 is 9.47 Å². The minimum atomic E-state index is -0.679. The third kappa shape index (κ3) is 3.53. The molecule has 0 N–H and O–H groups in total. The Balaban J connectivity index is 2.01. The molecule has 0 spiro atoms. The van der Waals surface area contributed by atoms with Crippen LogP contribution in [-0.4, -0.2) is 24.3 Å². The number of methoxy groups -OCH3 is 1. The molecule has 0 bridgehead atoms. The highest BCUT2D eigenvalue weighted by Crippen LogP contribution is 2.35. The molecule has 154 valence electrons. The zero-order chi connectivity index (χ0) is 21.3. The molecule has 0 saturated heterocycles. The van der Waals surface area contributed by atoms with Crippen LogP contribution in [-0.2, 0) is 9.53 Å². The van der Waals surface area contributed by atoms with Gasteiger partial charge >= 0.3 is 5.97 Å². The summed E-state index contributed by atoms with van der Waals surface area (Å²) in [7, 11) is 1.57. The van der Waals surface area contributed by atoms with Crippen molar-refractivity contribution >= 4 is 34.7 Å². The number of esters is 1. The number of para-hydroxylation sites is 1. The molecule has 0 unspecified atom stereocenters. The van der Waals surface area contributed by atoms with Crippen LogP contribution in [0.15, 0.2) is 62.8 Å². The summed E-state index contributed by atoms with van der Waals surface area (Å²) in [5, 5.41) is 1.96. The minimum absolute atomic E-state index is 0.197. The molecule has 0 amide bonds. The van der Waals surface area contributed by atoms with Gasteiger partial charge in [0.15, 0.2) is 4.80 Å². The number of carbonyl (C=O) groups excluding carboxylic acids is 1. The number of thiophene rings is 1. The Morgan fingerprint density at radius 2 is 2.07 bits per heavy atom. The maximum atomic E-state index is 13.4. The first-order valence-corrected chi connectivity index (χ1v) is 11.1. The van der Waals surface area contributed by atoms with E-state index in [1.54, 1.807) is 36.9 Å². The largest absolute Gasteiger partial charge is 0.496 e. The van der Waals surface area contributed by atoms with Crippen LogP contribution in [0.25, 0.3) is 6.08 Å². The fourth-order valence-corrected chi connectivity index (χ4v) is 5.25. The predicted molar refractivity (Wildman–Crippen MR) is 118 cm³/mol. The lowest BCUT2D eigenvalue weighted by atomic mass is 9.95. The van der Waals surface area contributed by atoms with E-state index in [0.717, 1.165) is 4.88 Å². The van der Waals surface area contributed by atoms with Crippen molar-refractivity contribution in [1.82, 2.24) is 4.57 Å². The fourth-order valence-electron chi connectivity index (χ4n) is 3.48. The van der Waals surface area contributed by atoms with Crippen molar-refractivity contribution in [3.05, 3.63) is 83.2 Å². The van der Waals surface area contributed by atoms with Crippen LogP contribution in [0, 0.1) is 0 Å². The van der Waals surface area contributed by atoms with Crippen LogP contribution in [0.4, 0.5) is 0 Å². The number of rotatable bonds is 5. The number of aromatic nitrogens is 1. The van der Waals surface area contributed by atoms with Crippen LogP contribution in [0.5, 0.6) is 5.75 Å². The Bertz CT molecular complexity index is 1300. The van der Waals surface area contributed by atoms with Crippen molar-refractivity contribution < 1.29 is 14.3 Å². The fraction of sp³-hybridized carbons (Fsp3) is 0.227. The SMILES string of the molecule is CCOC(=O)C1=C(C)N=c2s/c(=C\c3cccs3)c(=O)n2[C@H]1c1ccccc1OC. The van der Waals surface area contributed by atoms with Gasteiger partial charge in [0.25, 0.3) is 5.56 Å². The molecule has 2 aromatic heterocycles. The van der Waals surface area contributed by atoms with Gasteiger partial charge in [-0.2, -0.15) is 0 Å². The van der Waals surface area contributed by atoms with Gasteiger partial charge in [-0.15, -0.1) is 11.3 Å². The molecule has 3 heterocycles. The number of benzene rings is 1. The van der Waals surface area contributed by atoms with E-state index in [9.17, 15) is 9.59 Å². The zero-order valence-electron chi connectivity index (χ0n) is 16.7. The molecule has 0 saturated carbocycles. The van der Waals surface area contributed by atoms with Crippen molar-refractivity contribution in [3.8, 4) is 5.75 Å². The smallest absolute Gasteiger partial charge is 0.338 e. The lowest BCUT2D eigenvalue weighted by molar-refractivity contribution is -0.139. The third-order valence-corrected chi connectivity index (χ3v) is 6.57. The van der Waals surface area contributed by atoms with E-state index < -0.39 is 12.0 Å². The van der Waals surface area contributed by atoms with Crippen molar-refractivity contribution in [2.75, 3.05) is 13.7 Å². The Hall–Kier alpha value is -2.97. The summed E-state index contributed by atoms with van der Waals surface area (Å²) in [5.74, 6) is 0.106. The van der Waals surface area contributed by atoms with Gasteiger partial charge in [-0.05, 0) is 37.4 Å². The second kappa shape index (κ2) is 8.41. The number of nitrogens with zero attached hydrogens (tertiary/aromatic N) is 2. The van der Waals surface area contributed by atoms with Gasteiger partial charge in [0.1, 0.15) is 11.8 Å². The number of hydrogen-bond donors (Lipinski definition) is 0. The summed E-state index contributed by atoms with van der Waals surface area (Å²) in [4.78, 5) is 32.4. The third-order valence-electron chi connectivity index (χ3n) is 4.77. The number of ether oxygens (including phenoxy) is 2. The van der Waals surface area contributed by atoms with Crippen LogP contribution in [0.1, 0.15) is 30.3 Å². The number of hydrogen-bond acceptors (Lipinski definition) is 7. The summed E-state index contributed by atoms with van der Waals surface area (Å²) in [5.41, 5.74) is 1.39. The van der Waals surface area contributed by atoms with E-state index in [4.69, 9.17) is 9.47 Å². The maximum absolute atomic E-state index is 13.4. The van der Waals surface area contributed by atoms with Crippen molar-refractivity contribution in [3.63, 3.8) is 0 Å². The van der Waals surface area contributed by atoms with Crippen LogP contribution in [0.2, 0.25) is 0 Å². The second-order valence-electron chi connectivity index (χ2n) is 6.56. The lowest BCUT2D eigenvalue weighted by Gasteiger charge is -2.25. The molecule has 6 nitrogen and oxygen atoms in total.